The molecule has 0 aromatic carbocycles. The third-order valence-electron chi connectivity index (χ3n) is 2.41. The Morgan fingerprint density at radius 2 is 2.21 bits per heavy atom. The van der Waals surface area contributed by atoms with Gasteiger partial charge >= 0.3 is 5.97 Å². The molecule has 0 spiro atoms. The van der Waals surface area contributed by atoms with E-state index in [0.29, 0.717) is 19.2 Å². The maximum Gasteiger partial charge on any atom is 0.309 e. The van der Waals surface area contributed by atoms with Crippen molar-refractivity contribution in [1.82, 2.24) is 5.32 Å². The highest BCUT2D eigenvalue weighted by Gasteiger charge is 2.16. The van der Waals surface area contributed by atoms with E-state index in [1.807, 2.05) is 13.8 Å². The first-order valence-corrected chi connectivity index (χ1v) is 5.29. The summed E-state index contributed by atoms with van der Waals surface area (Å²) in [6, 6.07) is 0.520. The molecule has 0 heterocycles. The molecule has 3 heteroatoms. The Hall–Kier alpha value is -0.830. The average Bonchev–Trinajstić information content (AvgIpc) is 2.67. The second-order valence-electron chi connectivity index (χ2n) is 3.70. The summed E-state index contributed by atoms with van der Waals surface area (Å²) in [6.07, 6.45) is 6.50. The van der Waals surface area contributed by atoms with Gasteiger partial charge in [-0.05, 0) is 19.8 Å². The van der Waals surface area contributed by atoms with Gasteiger partial charge in [0, 0.05) is 12.6 Å². The maximum atomic E-state index is 11.3. The molecular formula is C11H19NO2. The number of esters is 1. The van der Waals surface area contributed by atoms with E-state index in [-0.39, 0.29) is 11.9 Å². The minimum Gasteiger partial charge on any atom is -0.466 e. The zero-order valence-corrected chi connectivity index (χ0v) is 8.95. The summed E-state index contributed by atoms with van der Waals surface area (Å²) in [4.78, 5) is 11.3. The van der Waals surface area contributed by atoms with Crippen molar-refractivity contribution in [2.45, 2.75) is 32.7 Å². The van der Waals surface area contributed by atoms with Crippen LogP contribution < -0.4 is 5.32 Å². The summed E-state index contributed by atoms with van der Waals surface area (Å²) in [5.74, 6) is -0.151. The Bertz CT molecular complexity index is 205. The number of carbonyl (C=O) groups excluding carboxylic acids is 1. The lowest BCUT2D eigenvalue weighted by molar-refractivity contribution is -0.147. The largest absolute Gasteiger partial charge is 0.466 e. The third-order valence-corrected chi connectivity index (χ3v) is 2.41. The van der Waals surface area contributed by atoms with Gasteiger partial charge in [-0.15, -0.1) is 0 Å². The highest BCUT2D eigenvalue weighted by atomic mass is 16.5. The van der Waals surface area contributed by atoms with Crippen molar-refractivity contribution in [3.05, 3.63) is 12.2 Å². The van der Waals surface area contributed by atoms with Gasteiger partial charge in [-0.1, -0.05) is 19.1 Å². The summed E-state index contributed by atoms with van der Waals surface area (Å²) in [5.41, 5.74) is 0. The summed E-state index contributed by atoms with van der Waals surface area (Å²) >= 11 is 0. The van der Waals surface area contributed by atoms with E-state index in [1.165, 1.54) is 0 Å². The lowest BCUT2D eigenvalue weighted by Crippen LogP contribution is -2.34. The molecule has 0 bridgehead atoms. The van der Waals surface area contributed by atoms with Crippen LogP contribution in [0.5, 0.6) is 0 Å². The van der Waals surface area contributed by atoms with Gasteiger partial charge < -0.3 is 10.1 Å². The molecule has 0 radical (unpaired) electrons. The van der Waals surface area contributed by atoms with Crippen molar-refractivity contribution in [3.8, 4) is 0 Å². The highest BCUT2D eigenvalue weighted by Crippen LogP contribution is 2.09. The van der Waals surface area contributed by atoms with Gasteiger partial charge in [0.15, 0.2) is 0 Å². The molecule has 1 N–H and O–H groups in total. The Morgan fingerprint density at radius 1 is 1.57 bits per heavy atom. The van der Waals surface area contributed by atoms with E-state index < -0.39 is 0 Å². The van der Waals surface area contributed by atoms with Gasteiger partial charge in [0.25, 0.3) is 0 Å². The van der Waals surface area contributed by atoms with Crippen LogP contribution >= 0.6 is 0 Å². The number of hydrogen-bond donors (Lipinski definition) is 1. The van der Waals surface area contributed by atoms with Crippen LogP contribution in [0.2, 0.25) is 0 Å². The number of nitrogens with one attached hydrogen (secondary N) is 1. The molecule has 1 aliphatic rings. The van der Waals surface area contributed by atoms with Gasteiger partial charge in [0.1, 0.15) is 0 Å². The molecule has 0 amide bonds. The van der Waals surface area contributed by atoms with Crippen LogP contribution in [-0.2, 0) is 9.53 Å². The third kappa shape index (κ3) is 3.50. The quantitative estimate of drug-likeness (QED) is 0.536. The first-order valence-electron chi connectivity index (χ1n) is 5.29. The van der Waals surface area contributed by atoms with E-state index in [4.69, 9.17) is 4.74 Å². The summed E-state index contributed by atoms with van der Waals surface area (Å²) in [5, 5.41) is 3.36. The van der Waals surface area contributed by atoms with Crippen molar-refractivity contribution >= 4 is 5.97 Å². The van der Waals surface area contributed by atoms with Crippen LogP contribution in [-0.4, -0.2) is 25.2 Å². The van der Waals surface area contributed by atoms with Crippen molar-refractivity contribution in [2.24, 2.45) is 5.92 Å². The minimum atomic E-state index is -0.106. The van der Waals surface area contributed by atoms with Crippen molar-refractivity contribution in [3.63, 3.8) is 0 Å². The number of ether oxygens (including phenoxy) is 1. The minimum absolute atomic E-state index is 0.0458. The summed E-state index contributed by atoms with van der Waals surface area (Å²) in [7, 11) is 0. The van der Waals surface area contributed by atoms with Crippen LogP contribution in [0.4, 0.5) is 0 Å². The zero-order chi connectivity index (χ0) is 10.4. The molecule has 0 fully saturated rings. The van der Waals surface area contributed by atoms with E-state index in [9.17, 15) is 4.79 Å². The highest BCUT2D eigenvalue weighted by molar-refractivity contribution is 5.72. The van der Waals surface area contributed by atoms with Crippen LogP contribution in [0, 0.1) is 5.92 Å². The van der Waals surface area contributed by atoms with Gasteiger partial charge in [-0.3, -0.25) is 4.79 Å². The number of carbonyl (C=O) groups is 1. The normalized spacial score (nSPS) is 18.4. The number of rotatable bonds is 5. The second kappa shape index (κ2) is 5.81. The monoisotopic (exact) mass is 197 g/mol. The van der Waals surface area contributed by atoms with Crippen molar-refractivity contribution in [1.29, 1.82) is 0 Å². The molecule has 0 aromatic rings. The van der Waals surface area contributed by atoms with E-state index in [2.05, 4.69) is 17.5 Å². The zero-order valence-electron chi connectivity index (χ0n) is 8.95. The van der Waals surface area contributed by atoms with Crippen molar-refractivity contribution < 1.29 is 9.53 Å². The van der Waals surface area contributed by atoms with Crippen LogP contribution in [0.3, 0.4) is 0 Å². The molecule has 1 rings (SSSR count). The molecule has 0 saturated heterocycles. The molecule has 1 aliphatic carbocycles. The fraction of sp³-hybridized carbons (Fsp3) is 0.727. The Kier molecular flexibility index (Phi) is 4.66. The second-order valence-corrected chi connectivity index (χ2v) is 3.70. The fourth-order valence-electron chi connectivity index (χ4n) is 1.50. The van der Waals surface area contributed by atoms with Gasteiger partial charge in [-0.2, -0.15) is 0 Å². The number of hydrogen-bond acceptors (Lipinski definition) is 3. The van der Waals surface area contributed by atoms with Gasteiger partial charge in [0.2, 0.25) is 0 Å². The van der Waals surface area contributed by atoms with E-state index >= 15 is 0 Å². The lowest BCUT2D eigenvalue weighted by Gasteiger charge is -2.15. The molecule has 14 heavy (non-hydrogen) atoms. The average molecular weight is 197 g/mol. The Labute approximate surface area is 85.5 Å². The van der Waals surface area contributed by atoms with Crippen LogP contribution in [0.1, 0.15) is 26.7 Å². The molecular weight excluding hydrogens is 178 g/mol. The maximum absolute atomic E-state index is 11.3. The predicted octanol–water partition coefficient (Wildman–Crippen LogP) is 1.49. The summed E-state index contributed by atoms with van der Waals surface area (Å²) < 4.78 is 4.92. The van der Waals surface area contributed by atoms with Gasteiger partial charge in [-0.25, -0.2) is 0 Å². The van der Waals surface area contributed by atoms with Gasteiger partial charge in [0.05, 0.1) is 12.5 Å². The molecule has 3 nitrogen and oxygen atoms in total. The van der Waals surface area contributed by atoms with Crippen molar-refractivity contribution in [2.75, 3.05) is 13.2 Å². The Morgan fingerprint density at radius 3 is 2.79 bits per heavy atom. The summed E-state index contributed by atoms with van der Waals surface area (Å²) in [6.45, 7) is 4.91. The predicted molar refractivity (Wildman–Crippen MR) is 56.0 cm³/mol. The first-order chi connectivity index (χ1) is 6.74. The fourth-order valence-corrected chi connectivity index (χ4v) is 1.50. The standard InChI is InChI=1S/C11H19NO2/c1-3-14-11(13)9(2)8-12-10-6-4-5-7-10/h4-5,9-10,12H,3,6-8H2,1-2H3. The Balaban J connectivity index is 2.13. The molecule has 1 atom stereocenters. The molecule has 1 unspecified atom stereocenters. The smallest absolute Gasteiger partial charge is 0.309 e. The first kappa shape index (κ1) is 11.2. The van der Waals surface area contributed by atoms with E-state index in [1.54, 1.807) is 0 Å². The van der Waals surface area contributed by atoms with E-state index in [0.717, 1.165) is 12.8 Å². The SMILES string of the molecule is CCOC(=O)C(C)CNC1CC=CC1. The molecule has 0 aromatic heterocycles. The molecule has 80 valence electrons. The lowest BCUT2D eigenvalue weighted by atomic mass is 10.1. The molecule has 0 aliphatic heterocycles. The van der Waals surface area contributed by atoms with Crippen LogP contribution in [0.15, 0.2) is 12.2 Å². The topological polar surface area (TPSA) is 38.3 Å². The molecule has 0 saturated carbocycles. The van der Waals surface area contributed by atoms with Crippen LogP contribution in [0.25, 0.3) is 0 Å².